The van der Waals surface area contributed by atoms with E-state index in [0.29, 0.717) is 19.3 Å². The monoisotopic (exact) mass is 1140 g/mol. The Balaban J connectivity index is 4.18. The first-order valence-corrected chi connectivity index (χ1v) is 34.5. The molecule has 0 aliphatic heterocycles. The van der Waals surface area contributed by atoms with E-state index in [1.54, 1.807) is 0 Å². The van der Waals surface area contributed by atoms with E-state index in [9.17, 15) is 14.4 Å². The molecule has 1 unspecified atom stereocenters. The maximum absolute atomic E-state index is 12.9. The molecular formula is C76H128O6. The third-order valence-electron chi connectivity index (χ3n) is 14.7. The molecule has 0 N–H and O–H groups in total. The van der Waals surface area contributed by atoms with E-state index in [1.807, 2.05) is 0 Å². The van der Waals surface area contributed by atoms with Crippen molar-refractivity contribution in [2.75, 3.05) is 13.2 Å². The summed E-state index contributed by atoms with van der Waals surface area (Å²) in [7, 11) is 0. The van der Waals surface area contributed by atoms with Crippen molar-refractivity contribution in [2.45, 2.75) is 329 Å². The highest BCUT2D eigenvalue weighted by molar-refractivity contribution is 5.71. The molecule has 0 saturated carbocycles. The maximum atomic E-state index is 12.9. The number of hydrogen-bond acceptors (Lipinski definition) is 6. The molecule has 0 aliphatic rings. The van der Waals surface area contributed by atoms with Gasteiger partial charge in [0.15, 0.2) is 6.10 Å². The van der Waals surface area contributed by atoms with Crippen LogP contribution in [0.1, 0.15) is 323 Å². The normalized spacial score (nSPS) is 12.9. The molecule has 468 valence electrons. The first-order chi connectivity index (χ1) is 40.5. The Bertz CT molecular complexity index is 1690. The summed E-state index contributed by atoms with van der Waals surface area (Å²) in [6.45, 7) is 6.43. The fourth-order valence-corrected chi connectivity index (χ4v) is 9.62. The van der Waals surface area contributed by atoms with Gasteiger partial charge in [0.25, 0.3) is 0 Å². The quantitative estimate of drug-likeness (QED) is 0.0261. The Morgan fingerprint density at radius 1 is 0.256 bits per heavy atom. The van der Waals surface area contributed by atoms with Gasteiger partial charge in [0.05, 0.1) is 0 Å². The number of hydrogen-bond donors (Lipinski definition) is 0. The van der Waals surface area contributed by atoms with Crippen LogP contribution in [0.5, 0.6) is 0 Å². The lowest BCUT2D eigenvalue weighted by Crippen LogP contribution is -2.30. The van der Waals surface area contributed by atoms with Gasteiger partial charge >= 0.3 is 17.9 Å². The molecule has 6 nitrogen and oxygen atoms in total. The minimum atomic E-state index is -0.784. The van der Waals surface area contributed by atoms with Gasteiger partial charge in [0.1, 0.15) is 13.2 Å². The largest absolute Gasteiger partial charge is 0.462 e. The molecule has 0 fully saturated rings. The molecule has 0 radical (unpaired) electrons. The van der Waals surface area contributed by atoms with Crippen molar-refractivity contribution in [3.05, 3.63) is 122 Å². The highest BCUT2D eigenvalue weighted by atomic mass is 16.6. The Morgan fingerprint density at radius 2 is 0.476 bits per heavy atom. The van der Waals surface area contributed by atoms with Crippen LogP contribution < -0.4 is 0 Å². The average Bonchev–Trinajstić information content (AvgIpc) is 3.47. The molecule has 0 aromatic heterocycles. The molecule has 0 aromatic carbocycles. The summed E-state index contributed by atoms with van der Waals surface area (Å²) in [4.78, 5) is 38.3. The van der Waals surface area contributed by atoms with Gasteiger partial charge in [-0.25, -0.2) is 0 Å². The second-order valence-electron chi connectivity index (χ2n) is 22.7. The molecule has 0 rings (SSSR count). The number of carbonyl (C=O) groups excluding carboxylic acids is 3. The number of rotatable bonds is 62. The van der Waals surface area contributed by atoms with E-state index in [0.717, 1.165) is 128 Å². The van der Waals surface area contributed by atoms with Crippen molar-refractivity contribution in [3.63, 3.8) is 0 Å². The summed E-state index contributed by atoms with van der Waals surface area (Å²) in [6, 6.07) is 0. The Labute approximate surface area is 507 Å². The van der Waals surface area contributed by atoms with Gasteiger partial charge in [-0.2, -0.15) is 0 Å². The molecule has 0 bridgehead atoms. The Hall–Kier alpha value is -4.19. The lowest BCUT2D eigenvalue weighted by Gasteiger charge is -2.18. The van der Waals surface area contributed by atoms with E-state index in [2.05, 4.69) is 142 Å². The van der Waals surface area contributed by atoms with Crippen molar-refractivity contribution in [1.29, 1.82) is 0 Å². The highest BCUT2D eigenvalue weighted by Crippen LogP contribution is 2.17. The van der Waals surface area contributed by atoms with Crippen LogP contribution in [-0.4, -0.2) is 37.2 Å². The molecule has 0 spiro atoms. The van der Waals surface area contributed by atoms with E-state index >= 15 is 0 Å². The Kier molecular flexibility index (Phi) is 65.8. The number of ether oxygens (including phenoxy) is 3. The third-order valence-corrected chi connectivity index (χ3v) is 14.7. The van der Waals surface area contributed by atoms with Crippen molar-refractivity contribution in [2.24, 2.45) is 0 Å². The van der Waals surface area contributed by atoms with Crippen LogP contribution in [0.3, 0.4) is 0 Å². The summed E-state index contributed by atoms with van der Waals surface area (Å²) >= 11 is 0. The van der Waals surface area contributed by atoms with E-state index in [1.165, 1.54) is 154 Å². The molecule has 0 aliphatic carbocycles. The van der Waals surface area contributed by atoms with Crippen LogP contribution in [0.25, 0.3) is 0 Å². The first kappa shape index (κ1) is 77.8. The number of unbranched alkanes of at least 4 members (excludes halogenated alkanes) is 31. The molecule has 0 saturated heterocycles. The van der Waals surface area contributed by atoms with Gasteiger partial charge in [0.2, 0.25) is 0 Å². The van der Waals surface area contributed by atoms with Crippen LogP contribution in [0, 0.1) is 0 Å². The molecule has 82 heavy (non-hydrogen) atoms. The van der Waals surface area contributed by atoms with Crippen LogP contribution in [0.4, 0.5) is 0 Å². The van der Waals surface area contributed by atoms with Crippen LogP contribution >= 0.6 is 0 Å². The average molecular weight is 1140 g/mol. The zero-order chi connectivity index (χ0) is 59.2. The zero-order valence-electron chi connectivity index (χ0n) is 53.7. The number of allylic oxidation sites excluding steroid dienone is 20. The Morgan fingerprint density at radius 3 is 0.744 bits per heavy atom. The van der Waals surface area contributed by atoms with Gasteiger partial charge < -0.3 is 14.2 Å². The van der Waals surface area contributed by atoms with Crippen LogP contribution in [0.2, 0.25) is 0 Å². The highest BCUT2D eigenvalue weighted by Gasteiger charge is 2.19. The van der Waals surface area contributed by atoms with Crippen molar-refractivity contribution < 1.29 is 28.6 Å². The lowest BCUT2D eigenvalue weighted by molar-refractivity contribution is -0.167. The van der Waals surface area contributed by atoms with Crippen molar-refractivity contribution in [3.8, 4) is 0 Å². The van der Waals surface area contributed by atoms with Gasteiger partial charge in [-0.3, -0.25) is 14.4 Å². The van der Waals surface area contributed by atoms with Crippen molar-refractivity contribution in [1.82, 2.24) is 0 Å². The molecular weight excluding hydrogens is 1010 g/mol. The summed E-state index contributed by atoms with van der Waals surface area (Å²) in [5.41, 5.74) is 0. The molecule has 6 heteroatoms. The van der Waals surface area contributed by atoms with E-state index in [-0.39, 0.29) is 31.1 Å². The molecule has 0 aromatic rings. The lowest BCUT2D eigenvalue weighted by atomic mass is 10.0. The second kappa shape index (κ2) is 69.3. The fraction of sp³-hybridized carbons (Fsp3) is 0.697. The van der Waals surface area contributed by atoms with Crippen LogP contribution in [-0.2, 0) is 28.6 Å². The number of carbonyl (C=O) groups is 3. The summed E-state index contributed by atoms with van der Waals surface area (Å²) in [5.74, 6) is -0.881. The second-order valence-corrected chi connectivity index (χ2v) is 22.7. The van der Waals surface area contributed by atoms with Gasteiger partial charge in [-0.05, 0) is 109 Å². The zero-order valence-corrected chi connectivity index (χ0v) is 53.7. The topological polar surface area (TPSA) is 78.9 Å². The molecule has 1 atom stereocenters. The molecule has 0 heterocycles. The predicted octanol–water partition coefficient (Wildman–Crippen LogP) is 23.9. The predicted molar refractivity (Wildman–Crippen MR) is 357 cm³/mol. The van der Waals surface area contributed by atoms with Gasteiger partial charge in [0, 0.05) is 19.3 Å². The maximum Gasteiger partial charge on any atom is 0.306 e. The standard InChI is InChI=1S/C76H128O6/c1-4-7-10-13-16-19-22-25-27-29-30-31-32-33-34-35-36-37-38-39-40-41-42-43-44-45-46-48-49-51-54-57-60-63-66-69-75(78)81-72-73(71-80-74(77)68-65-62-59-56-53-24-21-18-15-12-9-6-3)82-76(79)70-67-64-61-58-55-52-50-47-28-26-23-20-17-14-11-8-5-2/h7-8,10-11,16-17,19-20,25-28,30-31,33-34,36-37,39-40,73H,4-6,9,12-15,18,21-24,29,32,35,38,41-72H2,1-3H3/b10-7-,11-8-,19-16-,20-17-,27-25-,28-26-,31-30-,34-33-,37-36-,40-39-. The number of esters is 3. The summed E-state index contributed by atoms with van der Waals surface area (Å²) < 4.78 is 16.9. The molecule has 0 amide bonds. The summed E-state index contributed by atoms with van der Waals surface area (Å²) in [6.07, 6.45) is 96.5. The van der Waals surface area contributed by atoms with Gasteiger partial charge in [-0.1, -0.05) is 316 Å². The fourth-order valence-electron chi connectivity index (χ4n) is 9.62. The van der Waals surface area contributed by atoms with E-state index < -0.39 is 6.10 Å². The minimum Gasteiger partial charge on any atom is -0.462 e. The van der Waals surface area contributed by atoms with Crippen molar-refractivity contribution >= 4 is 17.9 Å². The van der Waals surface area contributed by atoms with Gasteiger partial charge in [-0.15, -0.1) is 0 Å². The minimum absolute atomic E-state index is 0.0796. The first-order valence-electron chi connectivity index (χ1n) is 34.5. The summed E-state index contributed by atoms with van der Waals surface area (Å²) in [5, 5.41) is 0. The van der Waals surface area contributed by atoms with E-state index in [4.69, 9.17) is 14.2 Å². The third kappa shape index (κ3) is 66.6. The smallest absolute Gasteiger partial charge is 0.306 e. The SMILES string of the molecule is CC/C=C\C/C=C\C/C=C\C/C=C\C/C=C\C/C=C\C/C=C\CCCCCCCCCCCCCCCC(=O)OCC(COC(=O)CCCCCCCCCCCCCC)OC(=O)CCCCCCCCC/C=C\C/C=C\C/C=C\CC. The van der Waals surface area contributed by atoms with Crippen LogP contribution in [0.15, 0.2) is 122 Å².